The quantitative estimate of drug-likeness (QED) is 0.0357. The van der Waals surface area contributed by atoms with Crippen molar-refractivity contribution in [3.05, 3.63) is 380 Å². The molecule has 3 aliphatic heterocycles. The first-order valence-corrected chi connectivity index (χ1v) is 55.8. The number of aryl methyl sites for hydroxylation is 6. The maximum atomic E-state index is 13.2. The number of anilines is 4. The van der Waals surface area contributed by atoms with Crippen LogP contribution in [0.1, 0.15) is 113 Å². The first-order chi connectivity index (χ1) is 61.7. The summed E-state index contributed by atoms with van der Waals surface area (Å²) in [6, 6.07) is 74.6. The number of nitrogens with one attached hydrogen (secondary N) is 1. The van der Waals surface area contributed by atoms with Crippen molar-refractivity contribution in [1.29, 1.82) is 0 Å². The van der Waals surface area contributed by atoms with Crippen molar-refractivity contribution >= 4 is 177 Å². The molecule has 0 radical (unpaired) electrons. The summed E-state index contributed by atoms with van der Waals surface area (Å²) in [5, 5.41) is 28.6. The third kappa shape index (κ3) is 16.4. The molecular weight excluding hydrogens is 1670 g/mol. The van der Waals surface area contributed by atoms with Gasteiger partial charge in [0.15, 0.2) is 18.0 Å². The minimum Gasteiger partial charge on any atom is -0.388 e. The van der Waals surface area contributed by atoms with Crippen molar-refractivity contribution in [3.63, 3.8) is 0 Å². The Hall–Kier alpha value is -11.8. The third-order valence-corrected chi connectivity index (χ3v) is 39.0. The summed E-state index contributed by atoms with van der Waals surface area (Å²) in [4.78, 5) is 24.3. The molecule has 5 aliphatic rings. The molecule has 648 valence electrons. The lowest BCUT2D eigenvalue weighted by atomic mass is 9.85. The van der Waals surface area contributed by atoms with E-state index in [2.05, 4.69) is 393 Å². The Balaban J connectivity index is 0.000000137. The number of benzene rings is 13. The van der Waals surface area contributed by atoms with E-state index in [0.717, 1.165) is 97.4 Å². The second-order valence-corrected chi connectivity index (χ2v) is 50.3. The number of ketones is 1. The Kier molecular flexibility index (Phi) is 26.9. The smallest absolute Gasteiger partial charge is 0.199 e. The highest BCUT2D eigenvalue weighted by Gasteiger charge is 2.44. The predicted molar refractivity (Wildman–Crippen MR) is 575 cm³/mol. The van der Waals surface area contributed by atoms with Crippen molar-refractivity contribution in [1.82, 2.24) is 0 Å². The van der Waals surface area contributed by atoms with Crippen LogP contribution in [0, 0.1) is 0 Å². The molecule has 0 saturated heterocycles. The van der Waals surface area contributed by atoms with Gasteiger partial charge in [0.25, 0.3) is 0 Å². The first kappa shape index (κ1) is 90.9. The molecule has 2 aliphatic carbocycles. The number of carbonyl (C=O) groups excluding carboxylic acids is 1. The van der Waals surface area contributed by atoms with E-state index >= 15 is 0 Å². The van der Waals surface area contributed by atoms with Crippen LogP contribution in [0.4, 0.5) is 22.7 Å². The summed E-state index contributed by atoms with van der Waals surface area (Å²) in [5.41, 5.74) is 28.3. The Bertz CT molecular complexity index is 6920. The lowest BCUT2D eigenvalue weighted by molar-refractivity contribution is -0.484. The highest BCUT2D eigenvalue weighted by Crippen LogP contribution is 2.48. The fourth-order valence-corrected chi connectivity index (χ4v) is 30.7. The average Bonchev–Trinajstić information content (AvgIpc) is 0.754. The molecule has 13 aromatic carbocycles. The SMILES string of the molecule is C=CCN(C)c1ccc2c(c1)[Si](C)(C)C1=CC(=[N+](C)CC=C)C=CC1=C2c1ccc2c(CC)c3ccccc3c(CC)c2c1.C=CCN(C)c1ccc2c(c1)[Si](C)(C)c1cc(N(C)CC=C)ccc1C2=O.CCc1c2ccccc2c(CC)c2cc(Br)ccc12.CCc1c2ccccc2c(CC)c2cc(C3=C4C=CC(=NC)C=C4[Si](C)(C)c4cc(NC)ccc43)ccc12. The molecule has 0 bridgehead atoms. The molecule has 13 aromatic rings. The van der Waals surface area contributed by atoms with Crippen molar-refractivity contribution < 1.29 is 9.37 Å². The van der Waals surface area contributed by atoms with Gasteiger partial charge in [0.1, 0.15) is 31.3 Å². The number of hydrogen-bond acceptors (Lipinski definition) is 6. The fraction of sp³-hybridized carbons (Fsp3) is 0.239. The molecule has 11 heteroatoms. The number of allylic oxidation sites excluding steroid dienone is 10. The fourth-order valence-electron chi connectivity index (χ4n) is 21.1. The monoisotopic (exact) mass is 1790 g/mol. The molecule has 0 fully saturated rings. The molecule has 0 amide bonds. The van der Waals surface area contributed by atoms with Gasteiger partial charge in [-0.1, -0.05) is 243 Å². The lowest BCUT2D eigenvalue weighted by Crippen LogP contribution is -2.60. The van der Waals surface area contributed by atoms with Crippen molar-refractivity contribution in [2.75, 3.05) is 88.5 Å². The standard InChI is InChI=1S/C41H45N2Si.C35H36N2Si.C23H28N2OSi.C18H17Br/c1-9-23-42(5)29-18-21-36-39(26-29)44(7,8)40-27-30(43(6)24-10-2)19-22-37(40)41(36)28-17-20-35-31(11-3)33-15-13-14-16-34(33)32(12-4)38(35)25-28;1-7-25-27-11-9-10-12-28(27)26(8-2)32-19-22(13-16-29(25)32)35-30-17-14-23(36-3)20-33(30)38(5,6)34-21-24(37-4)15-18-31(34)35;1-7-13-24(3)17-9-11-19-21(15-17)27(5,6)22-16-18(25(4)14-8-2)10-12-20(22)23(19)26;1-3-13-15-7-5-6-8-16(15)14(4-2)18-11-12(19)9-10-17(13)18/h9-10,13-22,25-27H,1-2,11-12,23-24H2,3-8H3;9-21,36H,7-8H2,1-6H3;7-12,15-16H,1-2,13-14H2,3-6H3;5-11H,3-4H2,1-2H3/q+1;;;. The molecule has 128 heavy (non-hydrogen) atoms. The van der Waals surface area contributed by atoms with Gasteiger partial charge in [-0.15, -0.1) is 19.7 Å². The van der Waals surface area contributed by atoms with Gasteiger partial charge in [-0.3, -0.25) is 9.79 Å². The number of carbonyl (C=O) groups is 1. The van der Waals surface area contributed by atoms with Crippen molar-refractivity contribution in [2.24, 2.45) is 4.99 Å². The van der Waals surface area contributed by atoms with Gasteiger partial charge >= 0.3 is 0 Å². The van der Waals surface area contributed by atoms with Crippen LogP contribution in [0.25, 0.3) is 75.8 Å². The van der Waals surface area contributed by atoms with E-state index in [1.165, 1.54) is 191 Å². The number of likely N-dealkylation sites (N-methyl/N-ethyl adjacent to an activating group) is 4. The molecule has 3 heterocycles. The van der Waals surface area contributed by atoms with Crippen LogP contribution in [0.15, 0.2) is 318 Å². The lowest BCUT2D eigenvalue weighted by Gasteiger charge is -2.38. The maximum Gasteiger partial charge on any atom is 0.199 e. The van der Waals surface area contributed by atoms with E-state index in [9.17, 15) is 4.79 Å². The molecule has 0 atom stereocenters. The zero-order valence-electron chi connectivity index (χ0n) is 78.7. The molecule has 18 rings (SSSR count). The average molecular weight is 1800 g/mol. The Morgan fingerprint density at radius 3 is 1.12 bits per heavy atom. The number of fused-ring (bicyclic) bond motifs is 12. The highest BCUT2D eigenvalue weighted by molar-refractivity contribution is 9.10. The molecule has 0 unspecified atom stereocenters. The predicted octanol–water partition coefficient (Wildman–Crippen LogP) is 26.0. The zero-order chi connectivity index (χ0) is 90.9. The van der Waals surface area contributed by atoms with Gasteiger partial charge in [0, 0.05) is 105 Å². The van der Waals surface area contributed by atoms with Gasteiger partial charge in [-0.05, 0) is 321 Å². The normalized spacial score (nSPS) is 15.4. The number of halogens is 1. The van der Waals surface area contributed by atoms with E-state index in [4.69, 9.17) is 0 Å². The molecule has 7 nitrogen and oxygen atoms in total. The van der Waals surface area contributed by atoms with Gasteiger partial charge in [0.05, 0.1) is 5.71 Å². The Labute approximate surface area is 773 Å². The third-order valence-electron chi connectivity index (χ3n) is 28.0. The van der Waals surface area contributed by atoms with E-state index in [1.807, 2.05) is 62.7 Å². The van der Waals surface area contributed by atoms with E-state index < -0.39 is 24.2 Å². The number of rotatable bonds is 20. The van der Waals surface area contributed by atoms with Gasteiger partial charge in [-0.25, -0.2) is 4.58 Å². The van der Waals surface area contributed by atoms with Crippen LogP contribution in [-0.4, -0.2) is 114 Å². The second kappa shape index (κ2) is 37.8. The minimum atomic E-state index is -2.06. The van der Waals surface area contributed by atoms with Crippen molar-refractivity contribution in [2.45, 2.75) is 119 Å². The summed E-state index contributed by atoms with van der Waals surface area (Å²) in [6.45, 7) is 47.2. The van der Waals surface area contributed by atoms with Crippen LogP contribution in [-0.2, 0) is 38.5 Å². The molecule has 0 spiro atoms. The summed E-state index contributed by atoms with van der Waals surface area (Å²) in [6.07, 6.45) is 27.9. The minimum absolute atomic E-state index is 0.141. The Morgan fingerprint density at radius 1 is 0.391 bits per heavy atom. The first-order valence-electron chi connectivity index (χ1n) is 46.0. The van der Waals surface area contributed by atoms with Gasteiger partial charge in [-0.2, -0.15) is 0 Å². The largest absolute Gasteiger partial charge is 0.388 e. The molecular formula is C117H126BrN6OSi3+. The summed E-state index contributed by atoms with van der Waals surface area (Å²) in [7, 11) is 6.33. The van der Waals surface area contributed by atoms with E-state index in [-0.39, 0.29) is 5.78 Å². The van der Waals surface area contributed by atoms with Crippen LogP contribution >= 0.6 is 15.9 Å². The van der Waals surface area contributed by atoms with E-state index in [0.29, 0.717) is 0 Å². The van der Waals surface area contributed by atoms with Crippen LogP contribution < -0.4 is 40.8 Å². The van der Waals surface area contributed by atoms with Crippen LogP contribution in [0.5, 0.6) is 0 Å². The molecule has 0 saturated carbocycles. The number of nitrogens with zero attached hydrogens (tertiary/aromatic N) is 5. The highest BCUT2D eigenvalue weighted by atomic mass is 79.9. The number of hydrogen-bond donors (Lipinski definition) is 1. The zero-order valence-corrected chi connectivity index (χ0v) is 83.3. The van der Waals surface area contributed by atoms with Crippen LogP contribution in [0.2, 0.25) is 39.3 Å². The molecule has 1 N–H and O–H groups in total. The number of aliphatic imine (C=N–C) groups is 1. The van der Waals surface area contributed by atoms with Gasteiger partial charge in [0.2, 0.25) is 0 Å². The van der Waals surface area contributed by atoms with Crippen LogP contribution in [0.3, 0.4) is 0 Å². The summed E-state index contributed by atoms with van der Waals surface area (Å²) < 4.78 is 3.45. The second-order valence-electron chi connectivity index (χ2n) is 36.4. The van der Waals surface area contributed by atoms with Crippen molar-refractivity contribution in [3.8, 4) is 0 Å². The summed E-state index contributed by atoms with van der Waals surface area (Å²) >= 11 is 3.61. The Morgan fingerprint density at radius 2 is 0.734 bits per heavy atom. The van der Waals surface area contributed by atoms with Gasteiger partial charge < -0.3 is 20.0 Å². The topological polar surface area (TPSA) is 54.2 Å². The summed E-state index contributed by atoms with van der Waals surface area (Å²) in [5.74, 6) is 0.141. The van der Waals surface area contributed by atoms with E-state index in [1.54, 1.807) is 0 Å². The maximum absolute atomic E-state index is 13.2. The molecule has 0 aromatic heterocycles.